The van der Waals surface area contributed by atoms with E-state index in [1.807, 2.05) is 24.3 Å². The van der Waals surface area contributed by atoms with Gasteiger partial charge in [0.15, 0.2) is 0 Å². The third-order valence-electron chi connectivity index (χ3n) is 3.73. The Hall–Kier alpha value is -2.22. The van der Waals surface area contributed by atoms with Gasteiger partial charge in [-0.1, -0.05) is 39.8 Å². The van der Waals surface area contributed by atoms with E-state index >= 15 is 0 Å². The Balaban J connectivity index is 1.68. The zero-order valence-corrected chi connectivity index (χ0v) is 16.5. The monoisotopic (exact) mass is 446 g/mol. The fourth-order valence-corrected chi connectivity index (χ4v) is 3.52. The smallest absolute Gasteiger partial charge is 0.254 e. The van der Waals surface area contributed by atoms with Crippen molar-refractivity contribution >= 4 is 33.6 Å². The van der Waals surface area contributed by atoms with E-state index in [4.69, 9.17) is 0 Å². The van der Waals surface area contributed by atoms with Gasteiger partial charge in [-0.25, -0.2) is 9.37 Å². The van der Waals surface area contributed by atoms with Crippen molar-refractivity contribution in [2.75, 3.05) is 6.54 Å². The van der Waals surface area contributed by atoms with Gasteiger partial charge in [-0.05, 0) is 54.1 Å². The van der Waals surface area contributed by atoms with Crippen molar-refractivity contribution in [1.29, 1.82) is 0 Å². The summed E-state index contributed by atoms with van der Waals surface area (Å²) in [6.07, 6.45) is 0.628. The Morgan fingerprint density at radius 3 is 2.70 bits per heavy atom. The molecule has 1 aromatic heterocycles. The van der Waals surface area contributed by atoms with Gasteiger partial charge in [-0.15, -0.1) is 0 Å². The van der Waals surface area contributed by atoms with Crippen molar-refractivity contribution in [2.24, 2.45) is 0 Å². The highest BCUT2D eigenvalue weighted by Crippen LogP contribution is 2.29. The van der Waals surface area contributed by atoms with E-state index in [0.29, 0.717) is 16.2 Å². The molecule has 0 radical (unpaired) electrons. The van der Waals surface area contributed by atoms with Crippen LogP contribution in [0.3, 0.4) is 0 Å². The fourth-order valence-electron chi connectivity index (χ4n) is 2.38. The van der Waals surface area contributed by atoms with Gasteiger partial charge in [0.05, 0.1) is 11.7 Å². The van der Waals surface area contributed by atoms with Crippen molar-refractivity contribution in [2.45, 2.75) is 16.0 Å². The SMILES string of the molecule is O=C(NCC(O)c1cccc(F)c1)c1cccnc1Sc1ccc(Br)cc1. The van der Waals surface area contributed by atoms with E-state index in [1.165, 1.54) is 30.0 Å². The molecule has 0 saturated carbocycles. The maximum atomic E-state index is 13.3. The Morgan fingerprint density at radius 2 is 1.96 bits per heavy atom. The largest absolute Gasteiger partial charge is 0.387 e. The summed E-state index contributed by atoms with van der Waals surface area (Å²) in [6.45, 7) is -0.0282. The van der Waals surface area contributed by atoms with Crippen LogP contribution in [0.2, 0.25) is 0 Å². The molecular formula is C20H16BrFN2O2S. The summed E-state index contributed by atoms with van der Waals surface area (Å²) in [4.78, 5) is 17.8. The van der Waals surface area contributed by atoms with Crippen LogP contribution in [0.1, 0.15) is 22.0 Å². The molecule has 0 aliphatic rings. The predicted octanol–water partition coefficient (Wildman–Crippen LogP) is 4.60. The first-order valence-electron chi connectivity index (χ1n) is 8.13. The number of aliphatic hydroxyl groups excluding tert-OH is 1. The molecule has 1 unspecified atom stereocenters. The number of carbonyl (C=O) groups excluding carboxylic acids is 1. The van der Waals surface area contributed by atoms with Crippen LogP contribution in [-0.2, 0) is 0 Å². The van der Waals surface area contributed by atoms with Crippen LogP contribution >= 0.6 is 27.7 Å². The highest BCUT2D eigenvalue weighted by molar-refractivity contribution is 9.10. The van der Waals surface area contributed by atoms with Crippen molar-refractivity contribution in [3.63, 3.8) is 0 Å². The molecule has 1 heterocycles. The minimum absolute atomic E-state index is 0.0282. The Morgan fingerprint density at radius 1 is 1.19 bits per heavy atom. The molecule has 3 aromatic rings. The Kier molecular flexibility index (Phi) is 6.60. The highest BCUT2D eigenvalue weighted by atomic mass is 79.9. The van der Waals surface area contributed by atoms with Gasteiger partial charge in [0.1, 0.15) is 10.8 Å². The number of aromatic nitrogens is 1. The standard InChI is InChI=1S/C20H16BrFN2O2S/c21-14-6-8-16(9-7-14)27-20-17(5-2-10-23-20)19(26)24-12-18(25)13-3-1-4-15(22)11-13/h1-11,18,25H,12H2,(H,24,26). The average molecular weight is 447 g/mol. The summed E-state index contributed by atoms with van der Waals surface area (Å²) in [6, 6.07) is 16.7. The van der Waals surface area contributed by atoms with E-state index in [2.05, 4.69) is 26.2 Å². The number of amides is 1. The number of halogens is 2. The second kappa shape index (κ2) is 9.12. The predicted molar refractivity (Wildman–Crippen MR) is 106 cm³/mol. The Labute approximate surface area is 169 Å². The van der Waals surface area contributed by atoms with E-state index in [0.717, 1.165) is 9.37 Å². The van der Waals surface area contributed by atoms with E-state index < -0.39 is 11.9 Å². The molecular weight excluding hydrogens is 431 g/mol. The van der Waals surface area contributed by atoms with Crippen molar-refractivity contribution < 1.29 is 14.3 Å². The number of nitrogens with one attached hydrogen (secondary N) is 1. The molecule has 27 heavy (non-hydrogen) atoms. The van der Waals surface area contributed by atoms with Crippen LogP contribution in [0.25, 0.3) is 0 Å². The van der Waals surface area contributed by atoms with E-state index in [9.17, 15) is 14.3 Å². The summed E-state index contributed by atoms with van der Waals surface area (Å²) in [5, 5.41) is 13.4. The third-order valence-corrected chi connectivity index (χ3v) is 5.29. The topological polar surface area (TPSA) is 62.2 Å². The third kappa shape index (κ3) is 5.38. The first-order valence-corrected chi connectivity index (χ1v) is 9.74. The molecule has 0 spiro atoms. The second-order valence-corrected chi connectivity index (χ2v) is 7.67. The second-order valence-electron chi connectivity index (χ2n) is 5.69. The number of carbonyl (C=O) groups is 1. The lowest BCUT2D eigenvalue weighted by Gasteiger charge is -2.13. The molecule has 1 amide bonds. The van der Waals surface area contributed by atoms with E-state index in [-0.39, 0.29) is 12.5 Å². The fraction of sp³-hybridized carbons (Fsp3) is 0.100. The summed E-state index contributed by atoms with van der Waals surface area (Å²) in [5.41, 5.74) is 0.822. The van der Waals surface area contributed by atoms with Crippen LogP contribution in [0.4, 0.5) is 4.39 Å². The molecule has 0 saturated heterocycles. The lowest BCUT2D eigenvalue weighted by Crippen LogP contribution is -2.29. The molecule has 0 aliphatic heterocycles. The summed E-state index contributed by atoms with van der Waals surface area (Å²) < 4.78 is 14.2. The van der Waals surface area contributed by atoms with Gasteiger partial charge in [-0.2, -0.15) is 0 Å². The molecule has 0 fully saturated rings. The first kappa shape index (κ1) is 19.5. The highest BCUT2D eigenvalue weighted by Gasteiger charge is 2.16. The van der Waals surface area contributed by atoms with Crippen molar-refractivity contribution in [1.82, 2.24) is 10.3 Å². The number of pyridine rings is 1. The maximum Gasteiger partial charge on any atom is 0.254 e. The number of nitrogens with zero attached hydrogens (tertiary/aromatic N) is 1. The molecule has 0 aliphatic carbocycles. The Bertz CT molecular complexity index is 937. The maximum absolute atomic E-state index is 13.3. The molecule has 138 valence electrons. The first-order chi connectivity index (χ1) is 13.0. The average Bonchev–Trinajstić information content (AvgIpc) is 2.68. The zero-order chi connectivity index (χ0) is 19.2. The summed E-state index contributed by atoms with van der Waals surface area (Å²) in [7, 11) is 0. The minimum Gasteiger partial charge on any atom is -0.387 e. The van der Waals surface area contributed by atoms with Crippen LogP contribution in [0.15, 0.2) is 81.3 Å². The van der Waals surface area contributed by atoms with Crippen LogP contribution in [-0.4, -0.2) is 22.5 Å². The lowest BCUT2D eigenvalue weighted by molar-refractivity contribution is 0.0912. The number of aliphatic hydroxyl groups is 1. The van der Waals surface area contributed by atoms with Gasteiger partial charge < -0.3 is 10.4 Å². The minimum atomic E-state index is -0.996. The molecule has 4 nitrogen and oxygen atoms in total. The van der Waals surface area contributed by atoms with Gasteiger partial charge in [-0.3, -0.25) is 4.79 Å². The molecule has 2 N–H and O–H groups in total. The van der Waals surface area contributed by atoms with Crippen molar-refractivity contribution in [3.8, 4) is 0 Å². The van der Waals surface area contributed by atoms with Crippen LogP contribution in [0, 0.1) is 5.82 Å². The van der Waals surface area contributed by atoms with Crippen LogP contribution in [0.5, 0.6) is 0 Å². The zero-order valence-electron chi connectivity index (χ0n) is 14.1. The summed E-state index contributed by atoms with van der Waals surface area (Å²) >= 11 is 4.77. The molecule has 0 bridgehead atoms. The number of hydrogen-bond donors (Lipinski definition) is 2. The van der Waals surface area contributed by atoms with Gasteiger partial charge >= 0.3 is 0 Å². The van der Waals surface area contributed by atoms with E-state index in [1.54, 1.807) is 24.4 Å². The quantitative estimate of drug-likeness (QED) is 0.580. The molecule has 3 rings (SSSR count). The van der Waals surface area contributed by atoms with Gasteiger partial charge in [0.2, 0.25) is 0 Å². The number of hydrogen-bond acceptors (Lipinski definition) is 4. The van der Waals surface area contributed by atoms with Gasteiger partial charge in [0, 0.05) is 22.1 Å². The van der Waals surface area contributed by atoms with Crippen molar-refractivity contribution in [3.05, 3.63) is 88.3 Å². The molecule has 1 atom stereocenters. The molecule has 2 aromatic carbocycles. The number of rotatable bonds is 6. The van der Waals surface area contributed by atoms with Gasteiger partial charge in [0.25, 0.3) is 5.91 Å². The number of benzene rings is 2. The lowest BCUT2D eigenvalue weighted by atomic mass is 10.1. The normalized spacial score (nSPS) is 11.8. The summed E-state index contributed by atoms with van der Waals surface area (Å²) in [5.74, 6) is -0.781. The van der Waals surface area contributed by atoms with Crippen LogP contribution < -0.4 is 5.32 Å². The molecule has 7 heteroatoms.